The molecule has 0 saturated carbocycles. The van der Waals surface area contributed by atoms with Crippen molar-refractivity contribution in [3.8, 4) is 0 Å². The number of carbonyl (C=O) groups is 1. The van der Waals surface area contributed by atoms with E-state index in [1.54, 1.807) is 12.1 Å². The molecule has 8 nitrogen and oxygen atoms in total. The van der Waals surface area contributed by atoms with Crippen LogP contribution in [-0.4, -0.2) is 50.2 Å². The van der Waals surface area contributed by atoms with Gasteiger partial charge in [0.25, 0.3) is 11.6 Å². The van der Waals surface area contributed by atoms with Gasteiger partial charge in [-0.1, -0.05) is 0 Å². The highest BCUT2D eigenvalue weighted by Crippen LogP contribution is 2.25. The summed E-state index contributed by atoms with van der Waals surface area (Å²) in [5, 5.41) is 19.9. The van der Waals surface area contributed by atoms with Gasteiger partial charge in [-0.05, 0) is 12.1 Å². The maximum absolute atomic E-state index is 11.5. The summed E-state index contributed by atoms with van der Waals surface area (Å²) in [6.07, 6.45) is 0. The molecule has 0 aromatic heterocycles. The number of hydrogen-bond donors (Lipinski definition) is 3. The number of rotatable bonds is 5. The van der Waals surface area contributed by atoms with E-state index in [1.165, 1.54) is 13.1 Å². The number of nitro groups is 1. The van der Waals surface area contributed by atoms with E-state index in [4.69, 9.17) is 4.74 Å². The molecule has 21 heavy (non-hydrogen) atoms. The summed E-state index contributed by atoms with van der Waals surface area (Å²) in [6, 6.07) is 4.48. The number of benzene rings is 1. The second-order valence-corrected chi connectivity index (χ2v) is 4.68. The van der Waals surface area contributed by atoms with Crippen molar-refractivity contribution in [2.24, 2.45) is 0 Å². The summed E-state index contributed by atoms with van der Waals surface area (Å²) in [4.78, 5) is 22.2. The molecule has 2 rings (SSSR count). The maximum Gasteiger partial charge on any atom is 0.293 e. The molecule has 1 amide bonds. The normalized spacial score (nSPS) is 18.0. The van der Waals surface area contributed by atoms with Gasteiger partial charge >= 0.3 is 0 Å². The van der Waals surface area contributed by atoms with Crippen LogP contribution in [0.2, 0.25) is 0 Å². The number of amides is 1. The van der Waals surface area contributed by atoms with Gasteiger partial charge in [-0.25, -0.2) is 0 Å². The van der Waals surface area contributed by atoms with E-state index in [1.807, 2.05) is 0 Å². The van der Waals surface area contributed by atoms with E-state index in [-0.39, 0.29) is 23.2 Å². The molecule has 0 aliphatic carbocycles. The minimum absolute atomic E-state index is 0.108. The Morgan fingerprint density at radius 1 is 1.57 bits per heavy atom. The predicted octanol–water partition coefficient (Wildman–Crippen LogP) is 0.355. The second kappa shape index (κ2) is 7.00. The SMILES string of the molecule is CNC(=O)c1ccc(NCC2COCCN2)c([N+](=O)[O-])c1. The van der Waals surface area contributed by atoms with Gasteiger partial charge in [-0.2, -0.15) is 0 Å². The van der Waals surface area contributed by atoms with Gasteiger partial charge < -0.3 is 20.7 Å². The minimum Gasteiger partial charge on any atom is -0.378 e. The van der Waals surface area contributed by atoms with Crippen LogP contribution in [0.25, 0.3) is 0 Å². The first kappa shape index (κ1) is 15.2. The third kappa shape index (κ3) is 3.89. The van der Waals surface area contributed by atoms with Crippen molar-refractivity contribution in [2.75, 3.05) is 38.7 Å². The zero-order valence-corrected chi connectivity index (χ0v) is 11.7. The van der Waals surface area contributed by atoms with Crippen LogP contribution in [0, 0.1) is 10.1 Å². The number of nitro benzene ring substituents is 1. The fourth-order valence-corrected chi connectivity index (χ4v) is 2.10. The molecule has 1 aliphatic heterocycles. The highest BCUT2D eigenvalue weighted by molar-refractivity contribution is 5.95. The molecule has 3 N–H and O–H groups in total. The number of hydrogen-bond acceptors (Lipinski definition) is 6. The number of ether oxygens (including phenoxy) is 1. The quantitative estimate of drug-likeness (QED) is 0.535. The predicted molar refractivity (Wildman–Crippen MR) is 77.6 cm³/mol. The van der Waals surface area contributed by atoms with Crippen LogP contribution < -0.4 is 16.0 Å². The van der Waals surface area contributed by atoms with Crippen molar-refractivity contribution in [1.82, 2.24) is 10.6 Å². The van der Waals surface area contributed by atoms with Crippen molar-refractivity contribution in [3.63, 3.8) is 0 Å². The molecule has 1 unspecified atom stereocenters. The van der Waals surface area contributed by atoms with Gasteiger partial charge in [0.15, 0.2) is 0 Å². The highest BCUT2D eigenvalue weighted by atomic mass is 16.6. The van der Waals surface area contributed by atoms with Crippen molar-refractivity contribution in [1.29, 1.82) is 0 Å². The molecule has 0 bridgehead atoms. The Balaban J connectivity index is 2.10. The Hall–Kier alpha value is -2.19. The molecule has 1 aliphatic rings. The summed E-state index contributed by atoms with van der Waals surface area (Å²) in [6.45, 7) is 2.53. The topological polar surface area (TPSA) is 106 Å². The van der Waals surface area contributed by atoms with Crippen LogP contribution in [0.4, 0.5) is 11.4 Å². The van der Waals surface area contributed by atoms with Crippen LogP contribution in [0.1, 0.15) is 10.4 Å². The lowest BCUT2D eigenvalue weighted by molar-refractivity contribution is -0.384. The summed E-state index contributed by atoms with van der Waals surface area (Å²) < 4.78 is 5.32. The van der Waals surface area contributed by atoms with Gasteiger partial charge in [0, 0.05) is 37.8 Å². The van der Waals surface area contributed by atoms with Crippen LogP contribution in [0.5, 0.6) is 0 Å². The minimum atomic E-state index is -0.500. The van der Waals surface area contributed by atoms with Crippen LogP contribution in [0.3, 0.4) is 0 Å². The molecule has 0 radical (unpaired) electrons. The Bertz CT molecular complexity index is 529. The Labute approximate surface area is 122 Å². The number of morpholine rings is 1. The van der Waals surface area contributed by atoms with Gasteiger partial charge in [-0.15, -0.1) is 0 Å². The molecule has 8 heteroatoms. The fourth-order valence-electron chi connectivity index (χ4n) is 2.10. The van der Waals surface area contributed by atoms with Gasteiger partial charge in [0.1, 0.15) is 5.69 Å². The monoisotopic (exact) mass is 294 g/mol. The smallest absolute Gasteiger partial charge is 0.293 e. The van der Waals surface area contributed by atoms with Crippen molar-refractivity contribution < 1.29 is 14.5 Å². The molecule has 1 saturated heterocycles. The number of anilines is 1. The van der Waals surface area contributed by atoms with E-state index < -0.39 is 4.92 Å². The molecule has 1 aromatic carbocycles. The van der Waals surface area contributed by atoms with E-state index in [9.17, 15) is 14.9 Å². The van der Waals surface area contributed by atoms with E-state index in [0.29, 0.717) is 25.4 Å². The summed E-state index contributed by atoms with van der Waals surface area (Å²) >= 11 is 0. The van der Waals surface area contributed by atoms with Crippen molar-refractivity contribution in [3.05, 3.63) is 33.9 Å². The lowest BCUT2D eigenvalue weighted by atomic mass is 10.1. The van der Waals surface area contributed by atoms with Crippen molar-refractivity contribution >= 4 is 17.3 Å². The Morgan fingerprint density at radius 2 is 2.38 bits per heavy atom. The molecular formula is C13H18N4O4. The first-order valence-electron chi connectivity index (χ1n) is 6.67. The number of nitrogens with zero attached hydrogens (tertiary/aromatic N) is 1. The summed E-state index contributed by atoms with van der Waals surface area (Å²) in [7, 11) is 1.48. The number of nitrogens with one attached hydrogen (secondary N) is 3. The van der Waals surface area contributed by atoms with Gasteiger partial charge in [-0.3, -0.25) is 14.9 Å². The first-order chi connectivity index (χ1) is 10.1. The molecule has 0 spiro atoms. The summed E-state index contributed by atoms with van der Waals surface area (Å²) in [5.41, 5.74) is 0.529. The number of carbonyl (C=O) groups excluding carboxylic acids is 1. The first-order valence-corrected chi connectivity index (χ1v) is 6.67. The third-order valence-corrected chi connectivity index (χ3v) is 3.22. The van der Waals surface area contributed by atoms with Gasteiger partial charge in [0.05, 0.1) is 18.1 Å². The Kier molecular flexibility index (Phi) is 5.07. The highest BCUT2D eigenvalue weighted by Gasteiger charge is 2.19. The van der Waals surface area contributed by atoms with E-state index >= 15 is 0 Å². The lowest BCUT2D eigenvalue weighted by Gasteiger charge is -2.24. The summed E-state index contributed by atoms with van der Waals surface area (Å²) in [5.74, 6) is -0.355. The third-order valence-electron chi connectivity index (χ3n) is 3.22. The van der Waals surface area contributed by atoms with Crippen LogP contribution in [0.15, 0.2) is 18.2 Å². The zero-order valence-electron chi connectivity index (χ0n) is 11.7. The molecule has 1 atom stereocenters. The lowest BCUT2D eigenvalue weighted by Crippen LogP contribution is -2.45. The second-order valence-electron chi connectivity index (χ2n) is 4.68. The van der Waals surface area contributed by atoms with E-state index in [0.717, 1.165) is 6.54 Å². The van der Waals surface area contributed by atoms with Gasteiger partial charge in [0.2, 0.25) is 0 Å². The maximum atomic E-state index is 11.5. The molecular weight excluding hydrogens is 276 g/mol. The standard InChI is InChI=1S/C13H18N4O4/c1-14-13(18)9-2-3-11(12(6-9)17(19)20)16-7-10-8-21-5-4-15-10/h2-3,6,10,15-16H,4-5,7-8H2,1H3,(H,14,18). The zero-order chi connectivity index (χ0) is 15.2. The molecule has 114 valence electrons. The van der Waals surface area contributed by atoms with Crippen LogP contribution >= 0.6 is 0 Å². The molecule has 1 fully saturated rings. The molecule has 1 aromatic rings. The molecule has 1 heterocycles. The van der Waals surface area contributed by atoms with Crippen molar-refractivity contribution in [2.45, 2.75) is 6.04 Å². The fraction of sp³-hybridized carbons (Fsp3) is 0.462. The van der Waals surface area contributed by atoms with Crippen LogP contribution in [-0.2, 0) is 4.74 Å². The Morgan fingerprint density at radius 3 is 3.00 bits per heavy atom. The average molecular weight is 294 g/mol. The average Bonchev–Trinajstić information content (AvgIpc) is 2.52. The largest absolute Gasteiger partial charge is 0.378 e. The van der Waals surface area contributed by atoms with E-state index in [2.05, 4.69) is 16.0 Å².